The summed E-state index contributed by atoms with van der Waals surface area (Å²) < 4.78 is 1.81. The predicted octanol–water partition coefficient (Wildman–Crippen LogP) is 3.27. The number of carboxylic acids is 1. The first kappa shape index (κ1) is 18.5. The molecule has 1 aromatic heterocycles. The monoisotopic (exact) mass is 335 g/mol. The highest BCUT2D eigenvalue weighted by Gasteiger charge is 2.26. The maximum absolute atomic E-state index is 12.3. The number of carboxylic acid groups (broad SMARTS) is 1. The van der Waals surface area contributed by atoms with E-state index < -0.39 is 5.97 Å². The maximum atomic E-state index is 12.3. The maximum Gasteiger partial charge on any atom is 0.339 e. The van der Waals surface area contributed by atoms with Crippen LogP contribution in [0.4, 0.5) is 0 Å². The van der Waals surface area contributed by atoms with E-state index >= 15 is 0 Å². The number of nitrogens with zero attached hydrogens (tertiary/aromatic N) is 3. The van der Waals surface area contributed by atoms with Crippen LogP contribution in [-0.2, 0) is 4.79 Å². The van der Waals surface area contributed by atoms with Crippen molar-refractivity contribution >= 4 is 11.9 Å². The van der Waals surface area contributed by atoms with Gasteiger partial charge >= 0.3 is 5.97 Å². The fourth-order valence-corrected chi connectivity index (χ4v) is 3.29. The number of carbonyl (C=O) groups is 2. The van der Waals surface area contributed by atoms with Crippen LogP contribution >= 0.6 is 0 Å². The van der Waals surface area contributed by atoms with Gasteiger partial charge in [-0.05, 0) is 38.0 Å². The molecule has 1 N–H and O–H groups in total. The second-order valence-electron chi connectivity index (χ2n) is 7.92. The minimum Gasteiger partial charge on any atom is -0.478 e. The zero-order valence-electron chi connectivity index (χ0n) is 15.2. The van der Waals surface area contributed by atoms with Crippen LogP contribution in [0.3, 0.4) is 0 Å². The van der Waals surface area contributed by atoms with Crippen LogP contribution < -0.4 is 0 Å². The van der Waals surface area contributed by atoms with Gasteiger partial charge in [-0.25, -0.2) is 4.79 Å². The van der Waals surface area contributed by atoms with Gasteiger partial charge < -0.3 is 10.0 Å². The number of likely N-dealkylation sites (tertiary alicyclic amines) is 1. The highest BCUT2D eigenvalue weighted by atomic mass is 16.4. The van der Waals surface area contributed by atoms with Crippen LogP contribution in [0.1, 0.15) is 75.0 Å². The Morgan fingerprint density at radius 1 is 1.29 bits per heavy atom. The molecule has 2 rings (SSSR count). The number of hydrogen-bond donors (Lipinski definition) is 1. The van der Waals surface area contributed by atoms with E-state index in [1.165, 1.54) is 6.20 Å². The van der Waals surface area contributed by atoms with Crippen molar-refractivity contribution in [2.45, 2.75) is 65.8 Å². The molecule has 1 aliphatic heterocycles. The molecule has 6 nitrogen and oxygen atoms in total. The van der Waals surface area contributed by atoms with Gasteiger partial charge in [-0.1, -0.05) is 20.8 Å². The number of aromatic carboxylic acids is 1. The lowest BCUT2D eigenvalue weighted by Crippen LogP contribution is -2.39. The zero-order chi connectivity index (χ0) is 17.9. The normalized spacial score (nSPS) is 16.4. The van der Waals surface area contributed by atoms with Crippen LogP contribution in [0.5, 0.6) is 0 Å². The summed E-state index contributed by atoms with van der Waals surface area (Å²) in [7, 11) is 0. The van der Waals surface area contributed by atoms with Crippen LogP contribution in [0, 0.1) is 12.3 Å². The number of piperidine rings is 1. The fraction of sp³-hybridized carbons (Fsp3) is 0.722. The van der Waals surface area contributed by atoms with Gasteiger partial charge in [0.15, 0.2) is 0 Å². The van der Waals surface area contributed by atoms with Crippen molar-refractivity contribution in [1.82, 2.24) is 14.7 Å². The van der Waals surface area contributed by atoms with Gasteiger partial charge in [0.2, 0.25) is 5.91 Å². The molecule has 0 aliphatic carbocycles. The van der Waals surface area contributed by atoms with Crippen molar-refractivity contribution in [2.75, 3.05) is 13.1 Å². The highest BCUT2D eigenvalue weighted by Crippen LogP contribution is 2.26. The number of aromatic nitrogens is 2. The van der Waals surface area contributed by atoms with Gasteiger partial charge in [0, 0.05) is 19.5 Å². The molecule has 1 amide bonds. The topological polar surface area (TPSA) is 75.4 Å². The molecule has 0 spiro atoms. The van der Waals surface area contributed by atoms with Gasteiger partial charge in [-0.2, -0.15) is 5.10 Å². The SMILES string of the molecule is Cc1c(C(=O)O)cnn1C1CCN(C(=O)CCCC(C)(C)C)CC1. The van der Waals surface area contributed by atoms with Crippen molar-refractivity contribution in [3.8, 4) is 0 Å². The third-order valence-electron chi connectivity index (χ3n) is 4.76. The quantitative estimate of drug-likeness (QED) is 0.896. The van der Waals surface area contributed by atoms with Gasteiger partial charge in [-0.3, -0.25) is 9.48 Å². The molecule has 1 saturated heterocycles. The largest absolute Gasteiger partial charge is 0.478 e. The molecule has 2 heterocycles. The smallest absolute Gasteiger partial charge is 0.339 e. The summed E-state index contributed by atoms with van der Waals surface area (Å²) in [6.07, 6.45) is 5.68. The van der Waals surface area contributed by atoms with Crippen LogP contribution in [0.2, 0.25) is 0 Å². The Morgan fingerprint density at radius 2 is 1.92 bits per heavy atom. The third-order valence-corrected chi connectivity index (χ3v) is 4.76. The van der Waals surface area contributed by atoms with Crippen LogP contribution in [0.15, 0.2) is 6.20 Å². The predicted molar refractivity (Wildman–Crippen MR) is 92.1 cm³/mol. The fourth-order valence-electron chi connectivity index (χ4n) is 3.29. The van der Waals surface area contributed by atoms with Gasteiger partial charge in [0.05, 0.1) is 17.9 Å². The molecule has 1 aliphatic rings. The van der Waals surface area contributed by atoms with Gasteiger partial charge in [-0.15, -0.1) is 0 Å². The molecular weight excluding hydrogens is 306 g/mol. The standard InChI is InChI=1S/C18H29N3O3/c1-13-15(17(23)24)12-19-21(13)14-7-10-20(11-8-14)16(22)6-5-9-18(2,3)4/h12,14H,5-11H2,1-4H3,(H,23,24). The van der Waals surface area contributed by atoms with Gasteiger partial charge in [0.1, 0.15) is 5.56 Å². The minimum absolute atomic E-state index is 0.178. The zero-order valence-corrected chi connectivity index (χ0v) is 15.2. The average molecular weight is 335 g/mol. The van der Waals surface area contributed by atoms with Crippen LogP contribution in [0.25, 0.3) is 0 Å². The lowest BCUT2D eigenvalue weighted by molar-refractivity contribution is -0.132. The lowest BCUT2D eigenvalue weighted by atomic mass is 9.89. The molecular formula is C18H29N3O3. The second-order valence-corrected chi connectivity index (χ2v) is 7.92. The molecule has 6 heteroatoms. The highest BCUT2D eigenvalue weighted by molar-refractivity contribution is 5.88. The molecule has 0 bridgehead atoms. The van der Waals surface area contributed by atoms with Crippen LogP contribution in [-0.4, -0.2) is 44.8 Å². The average Bonchev–Trinajstić information content (AvgIpc) is 2.88. The summed E-state index contributed by atoms with van der Waals surface area (Å²) in [6, 6.07) is 0.178. The summed E-state index contributed by atoms with van der Waals surface area (Å²) >= 11 is 0. The Bertz CT molecular complexity index is 593. The lowest BCUT2D eigenvalue weighted by Gasteiger charge is -2.33. The summed E-state index contributed by atoms with van der Waals surface area (Å²) in [5.41, 5.74) is 1.22. The van der Waals surface area contributed by atoms with Crippen molar-refractivity contribution in [1.29, 1.82) is 0 Å². The summed E-state index contributed by atoms with van der Waals surface area (Å²) in [5.74, 6) is -0.702. The number of carbonyl (C=O) groups excluding carboxylic acids is 1. The van der Waals surface area contributed by atoms with E-state index in [0.717, 1.165) is 38.8 Å². The summed E-state index contributed by atoms with van der Waals surface area (Å²) in [4.78, 5) is 25.4. The molecule has 1 fully saturated rings. The van der Waals surface area contributed by atoms with Gasteiger partial charge in [0.25, 0.3) is 0 Å². The second kappa shape index (κ2) is 7.36. The van der Waals surface area contributed by atoms with E-state index in [0.29, 0.717) is 12.1 Å². The number of amides is 1. The first-order valence-corrected chi connectivity index (χ1v) is 8.74. The molecule has 24 heavy (non-hydrogen) atoms. The van der Waals surface area contributed by atoms with E-state index in [-0.39, 0.29) is 22.9 Å². The molecule has 134 valence electrons. The molecule has 0 saturated carbocycles. The minimum atomic E-state index is -0.940. The van der Waals surface area contributed by atoms with Crippen molar-refractivity contribution in [2.24, 2.45) is 5.41 Å². The molecule has 0 unspecified atom stereocenters. The molecule has 1 aromatic rings. The first-order valence-electron chi connectivity index (χ1n) is 8.74. The molecule has 0 aromatic carbocycles. The van der Waals surface area contributed by atoms with Crippen molar-refractivity contribution in [3.05, 3.63) is 17.5 Å². The Morgan fingerprint density at radius 3 is 2.42 bits per heavy atom. The molecule has 0 radical (unpaired) electrons. The van der Waals surface area contributed by atoms with Crippen molar-refractivity contribution < 1.29 is 14.7 Å². The molecule has 0 atom stereocenters. The Kier molecular flexibility index (Phi) is 5.67. The number of rotatable bonds is 5. The van der Waals surface area contributed by atoms with E-state index in [9.17, 15) is 9.59 Å². The third kappa shape index (κ3) is 4.58. The van der Waals surface area contributed by atoms with E-state index in [2.05, 4.69) is 25.9 Å². The number of hydrogen-bond acceptors (Lipinski definition) is 3. The van der Waals surface area contributed by atoms with E-state index in [1.807, 2.05) is 9.58 Å². The van der Waals surface area contributed by atoms with Crippen molar-refractivity contribution in [3.63, 3.8) is 0 Å². The summed E-state index contributed by atoms with van der Waals surface area (Å²) in [5, 5.41) is 13.4. The summed E-state index contributed by atoms with van der Waals surface area (Å²) in [6.45, 7) is 9.82. The van der Waals surface area contributed by atoms with E-state index in [4.69, 9.17) is 5.11 Å². The first-order chi connectivity index (χ1) is 11.2. The Hall–Kier alpha value is -1.85. The van der Waals surface area contributed by atoms with E-state index in [1.54, 1.807) is 6.92 Å². The Labute approximate surface area is 143 Å². The Balaban J connectivity index is 1.85.